The van der Waals surface area contributed by atoms with Gasteiger partial charge in [-0.05, 0) is 55.8 Å². The fourth-order valence-corrected chi connectivity index (χ4v) is 4.51. The van der Waals surface area contributed by atoms with Crippen LogP contribution in [-0.4, -0.2) is 32.9 Å². The highest BCUT2D eigenvalue weighted by atomic mass is 15.1. The van der Waals surface area contributed by atoms with Gasteiger partial charge in [0.2, 0.25) is 0 Å². The Morgan fingerprint density at radius 2 is 1.71 bits per heavy atom. The quantitative estimate of drug-likeness (QED) is 0.854. The van der Waals surface area contributed by atoms with E-state index in [0.717, 1.165) is 23.6 Å². The van der Waals surface area contributed by atoms with Crippen LogP contribution in [0.25, 0.3) is 11.4 Å². The van der Waals surface area contributed by atoms with Crippen molar-refractivity contribution < 1.29 is 0 Å². The molecule has 1 saturated heterocycles. The molecule has 4 rings (SSSR count). The third-order valence-corrected chi connectivity index (χ3v) is 5.69. The number of piperidine rings is 1. The highest BCUT2D eigenvalue weighted by Crippen LogP contribution is 2.43. The smallest absolute Gasteiger partial charge is 0.159 e. The number of hydrogen-bond acceptors (Lipinski definition) is 4. The fraction of sp³-hybridized carbons (Fsp3) is 0.550. The molecule has 4 nitrogen and oxygen atoms in total. The molecule has 0 unspecified atom stereocenters. The molecule has 0 bridgehead atoms. The molecule has 2 aromatic rings. The van der Waals surface area contributed by atoms with Crippen LogP contribution >= 0.6 is 0 Å². The van der Waals surface area contributed by atoms with Crippen LogP contribution in [0.1, 0.15) is 50.6 Å². The summed E-state index contributed by atoms with van der Waals surface area (Å²) in [5.74, 6) is 0.805. The van der Waals surface area contributed by atoms with Crippen molar-refractivity contribution >= 4 is 0 Å². The number of nitrogens with zero attached hydrogens (tertiary/aromatic N) is 4. The minimum absolute atomic E-state index is 0.595. The monoisotopic (exact) mass is 322 g/mol. The van der Waals surface area contributed by atoms with Crippen molar-refractivity contribution in [1.29, 1.82) is 0 Å². The van der Waals surface area contributed by atoms with Crippen LogP contribution in [0.15, 0.2) is 36.8 Å². The Kier molecular flexibility index (Phi) is 4.56. The van der Waals surface area contributed by atoms with Crippen molar-refractivity contribution in [2.45, 2.75) is 51.5 Å². The van der Waals surface area contributed by atoms with Crippen LogP contribution in [0.2, 0.25) is 0 Å². The highest BCUT2D eigenvalue weighted by Gasteiger charge is 2.36. The molecule has 0 aromatic carbocycles. The lowest BCUT2D eigenvalue weighted by molar-refractivity contribution is 0.0487. The topological polar surface area (TPSA) is 41.9 Å². The van der Waals surface area contributed by atoms with Crippen LogP contribution in [0, 0.1) is 5.41 Å². The third kappa shape index (κ3) is 3.48. The van der Waals surface area contributed by atoms with Crippen molar-refractivity contribution in [3.8, 4) is 11.4 Å². The molecule has 3 heterocycles. The van der Waals surface area contributed by atoms with Gasteiger partial charge in [0.1, 0.15) is 0 Å². The molecule has 2 aliphatic rings. The molecule has 1 saturated carbocycles. The van der Waals surface area contributed by atoms with Gasteiger partial charge < -0.3 is 0 Å². The van der Waals surface area contributed by atoms with E-state index in [2.05, 4.69) is 20.9 Å². The maximum absolute atomic E-state index is 4.79. The van der Waals surface area contributed by atoms with E-state index in [1.54, 1.807) is 12.4 Å². The Morgan fingerprint density at radius 3 is 2.54 bits per heavy atom. The van der Waals surface area contributed by atoms with Gasteiger partial charge in [-0.15, -0.1) is 0 Å². The first-order chi connectivity index (χ1) is 11.8. The Morgan fingerprint density at radius 1 is 0.917 bits per heavy atom. The second-order valence-corrected chi connectivity index (χ2v) is 7.48. The van der Waals surface area contributed by atoms with E-state index in [1.165, 1.54) is 58.0 Å². The zero-order valence-corrected chi connectivity index (χ0v) is 14.3. The van der Waals surface area contributed by atoms with Crippen molar-refractivity contribution in [2.24, 2.45) is 5.41 Å². The van der Waals surface area contributed by atoms with Crippen LogP contribution in [0.3, 0.4) is 0 Å². The van der Waals surface area contributed by atoms with Gasteiger partial charge in [0.15, 0.2) is 5.82 Å². The summed E-state index contributed by atoms with van der Waals surface area (Å²) in [4.78, 5) is 15.9. The molecule has 1 spiro atoms. The standard InChI is InChI=1S/C20H26N4/c1-2-8-20(9-3-1)10-4-14-24(16-20)15-18-7-13-22-19(23-18)17-5-11-21-12-6-17/h5-7,11-13H,1-4,8-10,14-16H2. The molecule has 4 heteroatoms. The van der Waals surface area contributed by atoms with Gasteiger partial charge in [-0.3, -0.25) is 9.88 Å². The van der Waals surface area contributed by atoms with Crippen molar-refractivity contribution in [3.05, 3.63) is 42.5 Å². The Hall–Kier alpha value is -1.81. The Labute approximate surface area is 144 Å². The first kappa shape index (κ1) is 15.7. The summed E-state index contributed by atoms with van der Waals surface area (Å²) in [5.41, 5.74) is 2.76. The van der Waals surface area contributed by atoms with Gasteiger partial charge in [0.25, 0.3) is 0 Å². The lowest BCUT2D eigenvalue weighted by Crippen LogP contribution is -2.43. The fourth-order valence-electron chi connectivity index (χ4n) is 4.51. The van der Waals surface area contributed by atoms with Gasteiger partial charge in [-0.1, -0.05) is 19.3 Å². The van der Waals surface area contributed by atoms with Gasteiger partial charge >= 0.3 is 0 Å². The van der Waals surface area contributed by atoms with E-state index in [1.807, 2.05) is 18.3 Å². The summed E-state index contributed by atoms with van der Waals surface area (Å²) < 4.78 is 0. The first-order valence-electron chi connectivity index (χ1n) is 9.28. The zero-order valence-electron chi connectivity index (χ0n) is 14.3. The van der Waals surface area contributed by atoms with Gasteiger partial charge in [0.05, 0.1) is 5.69 Å². The average molecular weight is 322 g/mol. The molecule has 1 aliphatic heterocycles. The molecule has 0 N–H and O–H groups in total. The maximum atomic E-state index is 4.79. The van der Waals surface area contributed by atoms with Crippen LogP contribution in [-0.2, 0) is 6.54 Å². The molecule has 2 aromatic heterocycles. The second kappa shape index (κ2) is 6.98. The minimum atomic E-state index is 0.595. The number of rotatable bonds is 3. The molecular formula is C20H26N4. The van der Waals surface area contributed by atoms with E-state index in [-0.39, 0.29) is 0 Å². The van der Waals surface area contributed by atoms with Crippen LogP contribution in [0.4, 0.5) is 0 Å². The average Bonchev–Trinajstić information content (AvgIpc) is 2.63. The van der Waals surface area contributed by atoms with Crippen molar-refractivity contribution in [3.63, 3.8) is 0 Å². The van der Waals surface area contributed by atoms with E-state index >= 15 is 0 Å². The summed E-state index contributed by atoms with van der Waals surface area (Å²) in [5, 5.41) is 0. The summed E-state index contributed by atoms with van der Waals surface area (Å²) in [6.45, 7) is 3.40. The molecule has 24 heavy (non-hydrogen) atoms. The Balaban J connectivity index is 1.47. The van der Waals surface area contributed by atoms with E-state index < -0.39 is 0 Å². The first-order valence-corrected chi connectivity index (χ1v) is 9.28. The number of likely N-dealkylation sites (tertiary alicyclic amines) is 1. The second-order valence-electron chi connectivity index (χ2n) is 7.48. The maximum Gasteiger partial charge on any atom is 0.159 e. The lowest BCUT2D eigenvalue weighted by Gasteiger charge is -2.45. The summed E-state index contributed by atoms with van der Waals surface area (Å²) in [7, 11) is 0. The normalized spacial score (nSPS) is 21.0. The molecule has 1 aliphatic carbocycles. The highest BCUT2D eigenvalue weighted by molar-refractivity contribution is 5.53. The van der Waals surface area contributed by atoms with Gasteiger partial charge in [-0.25, -0.2) is 9.97 Å². The van der Waals surface area contributed by atoms with Crippen molar-refractivity contribution in [1.82, 2.24) is 19.9 Å². The molecule has 2 fully saturated rings. The number of pyridine rings is 1. The SMILES string of the molecule is c1cc(-c2nccc(CN3CCCC4(CCCCC4)C3)n2)ccn1. The summed E-state index contributed by atoms with van der Waals surface area (Å²) >= 11 is 0. The predicted molar refractivity (Wildman–Crippen MR) is 95.3 cm³/mol. The van der Waals surface area contributed by atoms with Gasteiger partial charge in [0, 0.05) is 37.2 Å². The van der Waals surface area contributed by atoms with E-state index in [4.69, 9.17) is 4.98 Å². The molecule has 0 radical (unpaired) electrons. The molecular weight excluding hydrogens is 296 g/mol. The predicted octanol–water partition coefficient (Wildman–Crippen LogP) is 4.08. The lowest BCUT2D eigenvalue weighted by atomic mass is 9.69. The van der Waals surface area contributed by atoms with Crippen molar-refractivity contribution in [2.75, 3.05) is 13.1 Å². The number of hydrogen-bond donors (Lipinski definition) is 0. The van der Waals surface area contributed by atoms with E-state index in [9.17, 15) is 0 Å². The number of aromatic nitrogens is 3. The zero-order chi connectivity index (χ0) is 16.2. The third-order valence-electron chi connectivity index (χ3n) is 5.69. The van der Waals surface area contributed by atoms with E-state index in [0.29, 0.717) is 5.41 Å². The van der Waals surface area contributed by atoms with Crippen LogP contribution < -0.4 is 0 Å². The minimum Gasteiger partial charge on any atom is -0.297 e. The summed E-state index contributed by atoms with van der Waals surface area (Å²) in [6, 6.07) is 6.00. The van der Waals surface area contributed by atoms with Gasteiger partial charge in [-0.2, -0.15) is 0 Å². The molecule has 126 valence electrons. The molecule has 0 amide bonds. The molecule has 0 atom stereocenters. The Bertz CT molecular complexity index is 659. The van der Waals surface area contributed by atoms with Crippen LogP contribution in [0.5, 0.6) is 0 Å². The largest absolute Gasteiger partial charge is 0.297 e. The summed E-state index contributed by atoms with van der Waals surface area (Å²) in [6.07, 6.45) is 15.4.